The Labute approximate surface area is 83.0 Å². The number of hydrogen-bond acceptors (Lipinski definition) is 2. The zero-order valence-corrected chi connectivity index (χ0v) is 9.56. The van der Waals surface area contributed by atoms with E-state index in [1.54, 1.807) is 0 Å². The zero-order chi connectivity index (χ0) is 10.3. The molecule has 0 radical (unpaired) electrons. The first-order valence-corrected chi connectivity index (χ1v) is 5.00. The van der Waals surface area contributed by atoms with Gasteiger partial charge in [-0.25, -0.2) is 0 Å². The molecule has 2 heteroatoms. The molecule has 78 valence electrons. The van der Waals surface area contributed by atoms with Crippen LogP contribution in [-0.2, 0) is 0 Å². The molecule has 0 aliphatic rings. The Morgan fingerprint density at radius 3 is 2.46 bits per heavy atom. The predicted molar refractivity (Wildman–Crippen MR) is 60.1 cm³/mol. The summed E-state index contributed by atoms with van der Waals surface area (Å²) in [6.45, 7) is 10.3. The van der Waals surface area contributed by atoms with E-state index in [1.165, 1.54) is 6.42 Å². The summed E-state index contributed by atoms with van der Waals surface area (Å²) < 4.78 is 0. The first kappa shape index (κ1) is 12.7. The maximum absolute atomic E-state index is 3.70. The molecule has 0 aliphatic heterocycles. The molecule has 0 spiro atoms. The van der Waals surface area contributed by atoms with Crippen LogP contribution in [0.2, 0.25) is 0 Å². The number of allylic oxidation sites excluding steroid dienone is 1. The smallest absolute Gasteiger partial charge is 0.0271 e. The average Bonchev–Trinajstić information content (AvgIpc) is 2.03. The molecule has 0 aromatic heterocycles. The SMILES string of the molecule is C=CCCCNCC(C)(C)N(C)C. The van der Waals surface area contributed by atoms with Gasteiger partial charge in [-0.05, 0) is 47.3 Å². The molecule has 0 saturated carbocycles. The molecule has 0 rings (SSSR count). The van der Waals surface area contributed by atoms with Crippen LogP contribution in [0.3, 0.4) is 0 Å². The lowest BCUT2D eigenvalue weighted by Crippen LogP contribution is -2.46. The Hall–Kier alpha value is -0.340. The van der Waals surface area contributed by atoms with Crippen molar-refractivity contribution in [3.63, 3.8) is 0 Å². The fourth-order valence-corrected chi connectivity index (χ4v) is 0.924. The molecule has 0 aliphatic carbocycles. The molecule has 0 bridgehead atoms. The van der Waals surface area contributed by atoms with Gasteiger partial charge >= 0.3 is 0 Å². The molecule has 2 nitrogen and oxygen atoms in total. The summed E-state index contributed by atoms with van der Waals surface area (Å²) in [5, 5.41) is 3.45. The van der Waals surface area contributed by atoms with Crippen molar-refractivity contribution < 1.29 is 0 Å². The minimum absolute atomic E-state index is 0.244. The lowest BCUT2D eigenvalue weighted by molar-refractivity contribution is 0.190. The molecule has 0 aromatic rings. The van der Waals surface area contributed by atoms with E-state index in [2.05, 4.69) is 44.7 Å². The van der Waals surface area contributed by atoms with Gasteiger partial charge in [0.1, 0.15) is 0 Å². The molecule has 1 N–H and O–H groups in total. The summed E-state index contributed by atoms with van der Waals surface area (Å²) in [7, 11) is 4.23. The number of nitrogens with one attached hydrogen (secondary N) is 1. The molecule has 0 aromatic carbocycles. The van der Waals surface area contributed by atoms with E-state index >= 15 is 0 Å². The lowest BCUT2D eigenvalue weighted by atomic mass is 10.0. The number of hydrogen-bond donors (Lipinski definition) is 1. The van der Waals surface area contributed by atoms with Crippen LogP contribution in [0, 0.1) is 0 Å². The molecular weight excluding hydrogens is 160 g/mol. The summed E-state index contributed by atoms with van der Waals surface area (Å²) in [5.41, 5.74) is 0.244. The molecule has 0 saturated heterocycles. The van der Waals surface area contributed by atoms with Gasteiger partial charge < -0.3 is 10.2 Å². The van der Waals surface area contributed by atoms with Crippen LogP contribution >= 0.6 is 0 Å². The third-order valence-electron chi connectivity index (χ3n) is 2.53. The van der Waals surface area contributed by atoms with Crippen molar-refractivity contribution in [3.8, 4) is 0 Å². The number of rotatable bonds is 7. The molecule has 0 unspecified atom stereocenters. The van der Waals surface area contributed by atoms with E-state index in [1.807, 2.05) is 6.08 Å². The Kier molecular flexibility index (Phi) is 6.00. The number of likely N-dealkylation sites (N-methyl/N-ethyl adjacent to an activating group) is 1. The Balaban J connectivity index is 3.46. The lowest BCUT2D eigenvalue weighted by Gasteiger charge is -2.32. The maximum atomic E-state index is 3.70. The highest BCUT2D eigenvalue weighted by molar-refractivity contribution is 4.79. The van der Waals surface area contributed by atoms with E-state index in [0.29, 0.717) is 0 Å². The largest absolute Gasteiger partial charge is 0.315 e. The van der Waals surface area contributed by atoms with Crippen molar-refractivity contribution in [2.45, 2.75) is 32.2 Å². The molecule has 0 heterocycles. The van der Waals surface area contributed by atoms with Gasteiger partial charge in [-0.15, -0.1) is 6.58 Å². The van der Waals surface area contributed by atoms with Gasteiger partial charge in [-0.2, -0.15) is 0 Å². The van der Waals surface area contributed by atoms with Crippen molar-refractivity contribution in [3.05, 3.63) is 12.7 Å². The quantitative estimate of drug-likeness (QED) is 0.480. The van der Waals surface area contributed by atoms with Crippen molar-refractivity contribution >= 4 is 0 Å². The first-order chi connectivity index (χ1) is 6.00. The van der Waals surface area contributed by atoms with Gasteiger partial charge in [0.05, 0.1) is 0 Å². The second-order valence-electron chi connectivity index (χ2n) is 4.31. The van der Waals surface area contributed by atoms with E-state index < -0.39 is 0 Å². The van der Waals surface area contributed by atoms with E-state index in [-0.39, 0.29) is 5.54 Å². The average molecular weight is 184 g/mol. The van der Waals surface area contributed by atoms with E-state index in [9.17, 15) is 0 Å². The Morgan fingerprint density at radius 2 is 2.00 bits per heavy atom. The standard InChI is InChI=1S/C11H24N2/c1-6-7-8-9-12-10-11(2,3)13(4)5/h6,12H,1,7-10H2,2-5H3. The molecule has 0 atom stereocenters. The second-order valence-corrected chi connectivity index (χ2v) is 4.31. The fraction of sp³-hybridized carbons (Fsp3) is 0.818. The van der Waals surface area contributed by atoms with E-state index in [4.69, 9.17) is 0 Å². The van der Waals surface area contributed by atoms with Crippen LogP contribution in [0.5, 0.6) is 0 Å². The van der Waals surface area contributed by atoms with Crippen LogP contribution < -0.4 is 5.32 Å². The minimum Gasteiger partial charge on any atom is -0.315 e. The van der Waals surface area contributed by atoms with Crippen LogP contribution in [0.15, 0.2) is 12.7 Å². The van der Waals surface area contributed by atoms with Gasteiger partial charge in [0, 0.05) is 12.1 Å². The summed E-state index contributed by atoms with van der Waals surface area (Å²) in [6.07, 6.45) is 4.27. The predicted octanol–water partition coefficient (Wildman–Crippen LogP) is 1.88. The second kappa shape index (κ2) is 6.17. The van der Waals surface area contributed by atoms with Crippen molar-refractivity contribution in [1.82, 2.24) is 10.2 Å². The third-order valence-corrected chi connectivity index (χ3v) is 2.53. The molecule has 13 heavy (non-hydrogen) atoms. The Morgan fingerprint density at radius 1 is 1.38 bits per heavy atom. The highest BCUT2D eigenvalue weighted by Gasteiger charge is 2.18. The van der Waals surface area contributed by atoms with Crippen LogP contribution in [0.4, 0.5) is 0 Å². The number of unbranched alkanes of at least 4 members (excludes halogenated alkanes) is 1. The fourth-order valence-electron chi connectivity index (χ4n) is 0.924. The summed E-state index contributed by atoms with van der Waals surface area (Å²) >= 11 is 0. The molecule has 0 amide bonds. The minimum atomic E-state index is 0.244. The summed E-state index contributed by atoms with van der Waals surface area (Å²) in [4.78, 5) is 2.24. The monoisotopic (exact) mass is 184 g/mol. The number of nitrogens with zero attached hydrogens (tertiary/aromatic N) is 1. The van der Waals surface area contributed by atoms with Crippen molar-refractivity contribution in [2.24, 2.45) is 0 Å². The summed E-state index contributed by atoms with van der Waals surface area (Å²) in [5.74, 6) is 0. The molecular formula is C11H24N2. The maximum Gasteiger partial charge on any atom is 0.0271 e. The van der Waals surface area contributed by atoms with Crippen LogP contribution in [0.25, 0.3) is 0 Å². The van der Waals surface area contributed by atoms with E-state index in [0.717, 1.165) is 19.5 Å². The third kappa shape index (κ3) is 5.83. The van der Waals surface area contributed by atoms with Gasteiger partial charge in [-0.3, -0.25) is 0 Å². The Bertz CT molecular complexity index is 139. The van der Waals surface area contributed by atoms with Gasteiger partial charge in [0.2, 0.25) is 0 Å². The molecule has 0 fully saturated rings. The first-order valence-electron chi connectivity index (χ1n) is 5.00. The van der Waals surface area contributed by atoms with Crippen LogP contribution in [0.1, 0.15) is 26.7 Å². The van der Waals surface area contributed by atoms with Crippen LogP contribution in [-0.4, -0.2) is 37.6 Å². The van der Waals surface area contributed by atoms with Crippen molar-refractivity contribution in [2.75, 3.05) is 27.2 Å². The van der Waals surface area contributed by atoms with Gasteiger partial charge in [0.15, 0.2) is 0 Å². The van der Waals surface area contributed by atoms with Crippen molar-refractivity contribution in [1.29, 1.82) is 0 Å². The normalized spacial score (nSPS) is 12.1. The topological polar surface area (TPSA) is 15.3 Å². The highest BCUT2D eigenvalue weighted by Crippen LogP contribution is 2.07. The van der Waals surface area contributed by atoms with Gasteiger partial charge in [-0.1, -0.05) is 6.08 Å². The zero-order valence-electron chi connectivity index (χ0n) is 9.56. The highest BCUT2D eigenvalue weighted by atomic mass is 15.2. The van der Waals surface area contributed by atoms with Gasteiger partial charge in [0.25, 0.3) is 0 Å². The summed E-state index contributed by atoms with van der Waals surface area (Å²) in [6, 6.07) is 0.